The van der Waals surface area contributed by atoms with Gasteiger partial charge in [0.25, 0.3) is 0 Å². The molecule has 2 atom stereocenters. The van der Waals surface area contributed by atoms with E-state index in [9.17, 15) is 0 Å². The molecule has 4 aromatic carbocycles. The Morgan fingerprint density at radius 1 is 0.558 bits per heavy atom. The highest BCUT2D eigenvalue weighted by atomic mass is 14.4. The highest BCUT2D eigenvalue weighted by Crippen LogP contribution is 2.46. The van der Waals surface area contributed by atoms with Crippen LogP contribution in [-0.4, -0.2) is 0 Å². The first-order valence-corrected chi connectivity index (χ1v) is 21.9. The van der Waals surface area contributed by atoms with Crippen molar-refractivity contribution in [2.45, 2.75) is 174 Å². The monoisotopic (exact) mass is 697 g/mol. The van der Waals surface area contributed by atoms with Crippen molar-refractivity contribution in [1.29, 1.82) is 0 Å². The third kappa shape index (κ3) is 10.3. The Kier molecular flexibility index (Phi) is 16.1. The zero-order chi connectivity index (χ0) is 36.6. The van der Waals surface area contributed by atoms with Gasteiger partial charge in [-0.25, -0.2) is 0 Å². The van der Waals surface area contributed by atoms with Crippen molar-refractivity contribution in [3.05, 3.63) is 141 Å². The summed E-state index contributed by atoms with van der Waals surface area (Å²) in [7, 11) is 0. The van der Waals surface area contributed by atoms with Crippen molar-refractivity contribution < 1.29 is 0 Å². The van der Waals surface area contributed by atoms with Gasteiger partial charge in [0, 0.05) is 5.41 Å². The number of hydrogen-bond donors (Lipinski definition) is 0. The second-order valence-corrected chi connectivity index (χ2v) is 16.5. The minimum absolute atomic E-state index is 0.0384. The third-order valence-electron chi connectivity index (χ3n) is 12.8. The van der Waals surface area contributed by atoms with Crippen LogP contribution in [0.3, 0.4) is 0 Å². The highest BCUT2D eigenvalue weighted by molar-refractivity contribution is 5.54. The van der Waals surface area contributed by atoms with E-state index in [0.29, 0.717) is 5.92 Å². The molecule has 0 N–H and O–H groups in total. The summed E-state index contributed by atoms with van der Waals surface area (Å²) in [5.74, 6) is 1.38. The molecule has 4 aromatic rings. The fourth-order valence-corrected chi connectivity index (χ4v) is 9.84. The Bertz CT molecular complexity index is 1590. The van der Waals surface area contributed by atoms with Gasteiger partial charge >= 0.3 is 0 Å². The molecule has 0 nitrogen and oxygen atoms in total. The Labute approximate surface area is 320 Å². The second-order valence-electron chi connectivity index (χ2n) is 16.5. The summed E-state index contributed by atoms with van der Waals surface area (Å²) in [6.07, 6.45) is 25.4. The largest absolute Gasteiger partial charge is 0.0654 e. The molecule has 280 valence electrons. The van der Waals surface area contributed by atoms with E-state index in [1.165, 1.54) is 127 Å². The van der Waals surface area contributed by atoms with Crippen LogP contribution in [0.4, 0.5) is 0 Å². The third-order valence-corrected chi connectivity index (χ3v) is 12.8. The molecule has 0 bridgehead atoms. The Balaban J connectivity index is 1.69. The van der Waals surface area contributed by atoms with Gasteiger partial charge in [0.2, 0.25) is 0 Å². The highest BCUT2D eigenvalue weighted by Gasteiger charge is 2.36. The molecule has 1 saturated carbocycles. The van der Waals surface area contributed by atoms with E-state index < -0.39 is 0 Å². The summed E-state index contributed by atoms with van der Waals surface area (Å²) in [5.41, 5.74) is 14.4. The van der Waals surface area contributed by atoms with Gasteiger partial charge in [-0.05, 0) is 126 Å². The molecule has 0 aliphatic heterocycles. The van der Waals surface area contributed by atoms with E-state index in [1.54, 1.807) is 38.9 Å². The molecular formula is C52H72. The number of hydrogen-bond acceptors (Lipinski definition) is 0. The van der Waals surface area contributed by atoms with Gasteiger partial charge in [0.15, 0.2) is 0 Å². The van der Waals surface area contributed by atoms with Crippen LogP contribution in [-0.2, 0) is 37.5 Å². The molecule has 1 aliphatic rings. The maximum Gasteiger partial charge on any atom is 0.0180 e. The molecule has 5 rings (SSSR count). The summed E-state index contributed by atoms with van der Waals surface area (Å²) in [5, 5.41) is 0. The van der Waals surface area contributed by atoms with Crippen molar-refractivity contribution in [3.63, 3.8) is 0 Å². The predicted molar refractivity (Wildman–Crippen MR) is 228 cm³/mol. The van der Waals surface area contributed by atoms with Gasteiger partial charge in [-0.3, -0.25) is 0 Å². The van der Waals surface area contributed by atoms with Crippen LogP contribution < -0.4 is 0 Å². The molecular weight excluding hydrogens is 625 g/mol. The molecule has 1 aliphatic carbocycles. The summed E-state index contributed by atoms with van der Waals surface area (Å²) >= 11 is 0. The second kappa shape index (κ2) is 20.9. The van der Waals surface area contributed by atoms with Gasteiger partial charge in [-0.1, -0.05) is 190 Å². The van der Waals surface area contributed by atoms with E-state index in [1.807, 2.05) is 0 Å². The van der Waals surface area contributed by atoms with Crippen LogP contribution in [0.5, 0.6) is 0 Å². The SMILES string of the molecule is CCCCCCc1cccc(C(C)(CCCCC)c2ccc(C(Cc3ccccc3)C3CCCCC3)c(CCCC)c2CC)c1Cc1ccccc1. The lowest BCUT2D eigenvalue weighted by Crippen LogP contribution is -2.29. The van der Waals surface area contributed by atoms with Crippen LogP contribution >= 0.6 is 0 Å². The van der Waals surface area contributed by atoms with E-state index >= 15 is 0 Å². The number of unbranched alkanes of at least 4 members (excludes halogenated alkanes) is 6. The van der Waals surface area contributed by atoms with Crippen molar-refractivity contribution in [2.75, 3.05) is 0 Å². The maximum atomic E-state index is 2.67. The molecule has 2 unspecified atom stereocenters. The summed E-state index contributed by atoms with van der Waals surface area (Å²) < 4.78 is 0. The Morgan fingerprint density at radius 3 is 1.88 bits per heavy atom. The van der Waals surface area contributed by atoms with Gasteiger partial charge in [0.1, 0.15) is 0 Å². The van der Waals surface area contributed by atoms with Crippen LogP contribution in [0.15, 0.2) is 91.0 Å². The summed E-state index contributed by atoms with van der Waals surface area (Å²) in [4.78, 5) is 0. The predicted octanol–water partition coefficient (Wildman–Crippen LogP) is 15.1. The van der Waals surface area contributed by atoms with Crippen LogP contribution in [0.1, 0.15) is 187 Å². The van der Waals surface area contributed by atoms with Gasteiger partial charge < -0.3 is 0 Å². The molecule has 0 heterocycles. The van der Waals surface area contributed by atoms with Crippen molar-refractivity contribution >= 4 is 0 Å². The zero-order valence-electron chi connectivity index (χ0n) is 34.0. The normalized spacial score (nSPS) is 15.4. The first-order chi connectivity index (χ1) is 25.5. The van der Waals surface area contributed by atoms with E-state index in [2.05, 4.69) is 126 Å². The average Bonchev–Trinajstić information content (AvgIpc) is 3.19. The first-order valence-electron chi connectivity index (χ1n) is 21.9. The average molecular weight is 697 g/mol. The smallest absolute Gasteiger partial charge is 0.0180 e. The van der Waals surface area contributed by atoms with Gasteiger partial charge in [-0.15, -0.1) is 0 Å². The topological polar surface area (TPSA) is 0 Å². The minimum Gasteiger partial charge on any atom is -0.0654 e. The van der Waals surface area contributed by atoms with Crippen molar-refractivity contribution in [3.8, 4) is 0 Å². The number of rotatable bonds is 21. The molecule has 0 heteroatoms. The first kappa shape index (κ1) is 40.1. The fourth-order valence-electron chi connectivity index (χ4n) is 9.84. The molecule has 0 spiro atoms. The zero-order valence-corrected chi connectivity index (χ0v) is 34.0. The van der Waals surface area contributed by atoms with E-state index in [-0.39, 0.29) is 5.41 Å². The van der Waals surface area contributed by atoms with Crippen LogP contribution in [0.25, 0.3) is 0 Å². The fraction of sp³-hybridized carbons (Fsp3) is 0.538. The lowest BCUT2D eigenvalue weighted by molar-refractivity contribution is 0.301. The number of aryl methyl sites for hydroxylation is 1. The standard InChI is InChI=1S/C52H72/c1-6-10-13-21-32-44-33-25-35-50(49(44)40-42-28-19-15-20-29-42)52(5,38-24-11-7-2)51-37-36-47(46(34-12-8-3)45(51)9-4)48(43-30-22-16-23-31-43)39-41-26-17-14-18-27-41/h14-15,17-20,25-29,33,35-37,43,48H,6-13,16,21-24,30-32,34,38-40H2,1-5H3. The lowest BCUT2D eigenvalue weighted by atomic mass is 9.65. The summed E-state index contributed by atoms with van der Waals surface area (Å²) in [6.45, 7) is 12.2. The molecule has 0 aromatic heterocycles. The van der Waals surface area contributed by atoms with E-state index in [0.717, 1.165) is 18.8 Å². The lowest BCUT2D eigenvalue weighted by Gasteiger charge is -2.38. The van der Waals surface area contributed by atoms with Crippen molar-refractivity contribution in [2.24, 2.45) is 5.92 Å². The van der Waals surface area contributed by atoms with Gasteiger partial charge in [0.05, 0.1) is 0 Å². The number of benzene rings is 4. The Morgan fingerprint density at radius 2 is 1.21 bits per heavy atom. The molecule has 0 radical (unpaired) electrons. The van der Waals surface area contributed by atoms with E-state index in [4.69, 9.17) is 0 Å². The van der Waals surface area contributed by atoms with Crippen molar-refractivity contribution in [1.82, 2.24) is 0 Å². The quantitative estimate of drug-likeness (QED) is 0.0761. The molecule has 52 heavy (non-hydrogen) atoms. The Hall–Kier alpha value is -3.12. The van der Waals surface area contributed by atoms with Crippen LogP contribution in [0, 0.1) is 5.92 Å². The van der Waals surface area contributed by atoms with Crippen LogP contribution in [0.2, 0.25) is 0 Å². The summed E-state index contributed by atoms with van der Waals surface area (Å²) in [6, 6.07) is 35.5. The maximum absolute atomic E-state index is 2.67. The molecule has 1 fully saturated rings. The molecule has 0 amide bonds. The minimum atomic E-state index is -0.0384. The van der Waals surface area contributed by atoms with Gasteiger partial charge in [-0.2, -0.15) is 0 Å². The molecule has 0 saturated heterocycles.